The predicted octanol–water partition coefficient (Wildman–Crippen LogP) is 5.57. The monoisotopic (exact) mass is 725 g/mol. The number of hydrogen-bond acceptors (Lipinski definition) is 7. The number of likely N-dealkylation sites (tertiary alicyclic amines) is 1. The highest BCUT2D eigenvalue weighted by Gasteiger charge is 2.42. The number of amides is 3. The standard InChI is InChI=1S/C43H59N5O5/c1-6-47(7-2)40(51)26-33(25-38(49)35-22-21-30-17-13-14-20-34(30)44-35)41(52)45-36(23-29-15-9-8-10-16-29)39(50)28-48-27-32-19-12-11-18-31(32)24-37(48)42(53)46-43(3,4)5/h8-10,13-17,20-22,31-33,36-37,39,50H,6-7,11-12,18-19,23-28H2,1-5H3,(H,45,52)(H,46,53). The Morgan fingerprint density at radius 1 is 0.906 bits per heavy atom. The van der Waals surface area contributed by atoms with Gasteiger partial charge in [-0.2, -0.15) is 0 Å². The van der Waals surface area contributed by atoms with E-state index < -0.39 is 29.5 Å². The summed E-state index contributed by atoms with van der Waals surface area (Å²) in [5, 5.41) is 19.2. The molecule has 10 nitrogen and oxygen atoms in total. The van der Waals surface area contributed by atoms with Gasteiger partial charge in [0.05, 0.1) is 29.6 Å². The summed E-state index contributed by atoms with van der Waals surface area (Å²) >= 11 is 0. The van der Waals surface area contributed by atoms with Gasteiger partial charge in [-0.1, -0.05) is 73.9 Å². The second-order valence-electron chi connectivity index (χ2n) is 16.1. The van der Waals surface area contributed by atoms with Gasteiger partial charge in [-0.3, -0.25) is 24.1 Å². The summed E-state index contributed by atoms with van der Waals surface area (Å²) < 4.78 is 0. The van der Waals surface area contributed by atoms with Crippen LogP contribution in [-0.2, 0) is 20.8 Å². The number of benzene rings is 2. The van der Waals surface area contributed by atoms with Crippen molar-refractivity contribution in [3.8, 4) is 0 Å². The molecule has 3 amide bonds. The molecule has 2 heterocycles. The van der Waals surface area contributed by atoms with Crippen LogP contribution < -0.4 is 10.6 Å². The Labute approximate surface area is 315 Å². The van der Waals surface area contributed by atoms with Gasteiger partial charge >= 0.3 is 0 Å². The molecule has 2 aliphatic rings. The van der Waals surface area contributed by atoms with Gasteiger partial charge in [-0.25, -0.2) is 4.98 Å². The van der Waals surface area contributed by atoms with E-state index in [0.29, 0.717) is 43.4 Å². The number of para-hydroxylation sites is 1. The fraction of sp³-hybridized carbons (Fsp3) is 0.558. The Balaban J connectivity index is 1.40. The number of fused-ring (bicyclic) bond motifs is 2. The first-order valence-corrected chi connectivity index (χ1v) is 19.6. The van der Waals surface area contributed by atoms with Crippen molar-refractivity contribution in [2.45, 2.75) is 110 Å². The lowest BCUT2D eigenvalue weighted by Crippen LogP contribution is -2.60. The van der Waals surface area contributed by atoms with Crippen molar-refractivity contribution in [3.63, 3.8) is 0 Å². The number of β-amino-alcohol motifs (C(OH)–C–C–N with tert-alkyl or cyclic N) is 1. The molecular weight excluding hydrogens is 667 g/mol. The van der Waals surface area contributed by atoms with Crippen LogP contribution >= 0.6 is 0 Å². The molecule has 0 radical (unpaired) electrons. The summed E-state index contributed by atoms with van der Waals surface area (Å²) in [7, 11) is 0. The van der Waals surface area contributed by atoms with Crippen molar-refractivity contribution in [2.24, 2.45) is 17.8 Å². The molecular formula is C43H59N5O5. The van der Waals surface area contributed by atoms with E-state index in [1.807, 2.05) is 95.3 Å². The lowest BCUT2D eigenvalue weighted by atomic mass is 9.72. The van der Waals surface area contributed by atoms with Gasteiger partial charge in [-0.15, -0.1) is 0 Å². The second-order valence-corrected chi connectivity index (χ2v) is 16.1. The molecule has 286 valence electrons. The van der Waals surface area contributed by atoms with E-state index in [1.54, 1.807) is 11.0 Å². The zero-order valence-electron chi connectivity index (χ0n) is 32.2. The quantitative estimate of drug-likeness (QED) is 0.175. The maximum absolute atomic E-state index is 14.3. The molecule has 1 aromatic heterocycles. The molecule has 2 aromatic carbocycles. The fourth-order valence-corrected chi connectivity index (χ4v) is 8.17. The van der Waals surface area contributed by atoms with E-state index >= 15 is 0 Å². The van der Waals surface area contributed by atoms with E-state index in [2.05, 4.69) is 20.5 Å². The minimum absolute atomic E-state index is 0.0341. The van der Waals surface area contributed by atoms with Crippen LogP contribution in [0, 0.1) is 17.8 Å². The number of aliphatic hydroxyl groups excluding tert-OH is 1. The number of carbonyl (C=O) groups is 4. The van der Waals surface area contributed by atoms with Crippen molar-refractivity contribution in [1.82, 2.24) is 25.4 Å². The third-order valence-corrected chi connectivity index (χ3v) is 11.0. The molecule has 3 aromatic rings. The largest absolute Gasteiger partial charge is 0.390 e. The zero-order valence-corrected chi connectivity index (χ0v) is 32.2. The van der Waals surface area contributed by atoms with Crippen LogP contribution in [0.2, 0.25) is 0 Å². The van der Waals surface area contributed by atoms with Gasteiger partial charge in [0.2, 0.25) is 17.7 Å². The minimum Gasteiger partial charge on any atom is -0.390 e. The van der Waals surface area contributed by atoms with Crippen molar-refractivity contribution >= 4 is 34.4 Å². The Bertz CT molecular complexity index is 1700. The summed E-state index contributed by atoms with van der Waals surface area (Å²) in [6.07, 6.45) is 4.28. The number of Topliss-reactive ketones (excluding diaryl/α,β-unsaturated/α-hetero) is 1. The summed E-state index contributed by atoms with van der Waals surface area (Å²) in [6, 6.07) is 19.6. The molecule has 1 saturated carbocycles. The number of ketones is 1. The lowest BCUT2D eigenvalue weighted by molar-refractivity contribution is -0.136. The molecule has 10 heteroatoms. The third-order valence-electron chi connectivity index (χ3n) is 11.0. The van der Waals surface area contributed by atoms with E-state index in [1.165, 1.54) is 12.8 Å². The Morgan fingerprint density at radius 2 is 1.58 bits per heavy atom. The Kier molecular flexibility index (Phi) is 13.8. The fourth-order valence-electron chi connectivity index (χ4n) is 8.17. The average Bonchev–Trinajstić information content (AvgIpc) is 3.13. The lowest BCUT2D eigenvalue weighted by Gasteiger charge is -2.47. The van der Waals surface area contributed by atoms with Crippen LogP contribution in [-0.4, -0.2) is 93.3 Å². The summed E-state index contributed by atoms with van der Waals surface area (Å²) in [6.45, 7) is 11.6. The number of nitrogens with one attached hydrogen (secondary N) is 2. The number of piperidine rings is 1. The van der Waals surface area contributed by atoms with Gasteiger partial charge in [0, 0.05) is 49.9 Å². The molecule has 1 aliphatic carbocycles. The van der Waals surface area contributed by atoms with Crippen molar-refractivity contribution in [3.05, 3.63) is 78.0 Å². The average molecular weight is 726 g/mol. The number of nitrogens with zero attached hydrogens (tertiary/aromatic N) is 3. The smallest absolute Gasteiger partial charge is 0.237 e. The Hall–Kier alpha value is -4.15. The van der Waals surface area contributed by atoms with Crippen LogP contribution in [0.4, 0.5) is 0 Å². The van der Waals surface area contributed by atoms with E-state index in [9.17, 15) is 24.3 Å². The number of hydrogen-bond donors (Lipinski definition) is 3. The summed E-state index contributed by atoms with van der Waals surface area (Å²) in [5.74, 6) is -1.07. The third kappa shape index (κ3) is 10.9. The highest BCUT2D eigenvalue weighted by molar-refractivity contribution is 5.99. The number of pyridine rings is 1. The van der Waals surface area contributed by atoms with Crippen molar-refractivity contribution in [1.29, 1.82) is 0 Å². The Morgan fingerprint density at radius 3 is 2.28 bits per heavy atom. The van der Waals surface area contributed by atoms with Gasteiger partial charge in [0.25, 0.3) is 0 Å². The van der Waals surface area contributed by atoms with E-state index in [-0.39, 0.29) is 48.7 Å². The first kappa shape index (κ1) is 40.0. The molecule has 1 saturated heterocycles. The first-order valence-electron chi connectivity index (χ1n) is 19.6. The summed E-state index contributed by atoms with van der Waals surface area (Å²) in [5.41, 5.74) is 1.45. The second kappa shape index (κ2) is 18.3. The molecule has 6 atom stereocenters. The van der Waals surface area contributed by atoms with Crippen molar-refractivity contribution in [2.75, 3.05) is 26.2 Å². The summed E-state index contributed by atoms with van der Waals surface area (Å²) in [4.78, 5) is 63.5. The molecule has 5 rings (SSSR count). The van der Waals surface area contributed by atoms with Crippen LogP contribution in [0.15, 0.2) is 66.7 Å². The first-order chi connectivity index (χ1) is 25.3. The number of carbonyl (C=O) groups excluding carboxylic acids is 4. The van der Waals surface area contributed by atoms with E-state index in [0.717, 1.165) is 30.2 Å². The molecule has 0 spiro atoms. The predicted molar refractivity (Wildman–Crippen MR) is 208 cm³/mol. The number of aromatic nitrogens is 1. The molecule has 6 unspecified atom stereocenters. The van der Waals surface area contributed by atoms with Gasteiger partial charge in [0.1, 0.15) is 5.69 Å². The highest BCUT2D eigenvalue weighted by atomic mass is 16.3. The van der Waals surface area contributed by atoms with Gasteiger partial charge in [0.15, 0.2) is 5.78 Å². The molecule has 3 N–H and O–H groups in total. The topological polar surface area (TPSA) is 132 Å². The normalized spacial score (nSPS) is 20.8. The van der Waals surface area contributed by atoms with Crippen molar-refractivity contribution < 1.29 is 24.3 Å². The maximum Gasteiger partial charge on any atom is 0.237 e. The molecule has 2 fully saturated rings. The van der Waals surface area contributed by atoms with Crippen LogP contribution in [0.5, 0.6) is 0 Å². The number of aliphatic hydroxyl groups is 1. The number of rotatable bonds is 15. The van der Waals surface area contributed by atoms with Crippen LogP contribution in [0.3, 0.4) is 0 Å². The minimum atomic E-state index is -1.03. The van der Waals surface area contributed by atoms with Gasteiger partial charge < -0.3 is 20.6 Å². The van der Waals surface area contributed by atoms with E-state index in [4.69, 9.17) is 0 Å². The SMILES string of the molecule is CCN(CC)C(=O)CC(CC(=O)c1ccc2ccccc2n1)C(=O)NC(Cc1ccccc1)C(O)CN1CC2CCCCC2CC1C(=O)NC(C)(C)C. The zero-order chi connectivity index (χ0) is 38.1. The van der Waals surface area contributed by atoms with Crippen LogP contribution in [0.1, 0.15) is 95.6 Å². The molecule has 0 bridgehead atoms. The highest BCUT2D eigenvalue weighted by Crippen LogP contribution is 2.39. The molecule has 1 aliphatic heterocycles. The van der Waals surface area contributed by atoms with Crippen LogP contribution in [0.25, 0.3) is 10.9 Å². The maximum atomic E-state index is 14.3. The molecule has 53 heavy (non-hydrogen) atoms. The van der Waals surface area contributed by atoms with Gasteiger partial charge in [-0.05, 0) is 83.4 Å².